The summed E-state index contributed by atoms with van der Waals surface area (Å²) in [6, 6.07) is 0. The summed E-state index contributed by atoms with van der Waals surface area (Å²) in [5.41, 5.74) is 0. The predicted octanol–water partition coefficient (Wildman–Crippen LogP) is 2.05. The first-order chi connectivity index (χ1) is 8.24. The molecule has 2 aliphatic heterocycles. The largest absolute Gasteiger partial charge is 0.466 e. The van der Waals surface area contributed by atoms with Gasteiger partial charge in [-0.2, -0.15) is 0 Å². The molecule has 0 aromatic heterocycles. The first-order valence-corrected chi connectivity index (χ1v) is 6.71. The van der Waals surface area contributed by atoms with Crippen molar-refractivity contribution in [1.82, 2.24) is 0 Å². The van der Waals surface area contributed by atoms with Gasteiger partial charge in [-0.1, -0.05) is 13.8 Å². The van der Waals surface area contributed by atoms with Crippen LogP contribution in [-0.4, -0.2) is 37.0 Å². The van der Waals surface area contributed by atoms with E-state index in [4.69, 9.17) is 14.2 Å². The fourth-order valence-corrected chi connectivity index (χ4v) is 2.21. The molecule has 4 unspecified atom stereocenters. The van der Waals surface area contributed by atoms with Crippen LogP contribution in [0.4, 0.5) is 0 Å². The van der Waals surface area contributed by atoms with Gasteiger partial charge in [0.25, 0.3) is 0 Å². The Morgan fingerprint density at radius 2 is 1.59 bits per heavy atom. The molecule has 98 valence electrons. The van der Waals surface area contributed by atoms with Crippen molar-refractivity contribution >= 4 is 5.97 Å². The first kappa shape index (κ1) is 12.8. The Hall–Kier alpha value is -0.610. The number of carbonyl (C=O) groups excluding carboxylic acids is 1. The van der Waals surface area contributed by atoms with Crippen LogP contribution in [0.3, 0.4) is 0 Å². The molecule has 0 aliphatic carbocycles. The number of carbonyl (C=O) groups is 1. The van der Waals surface area contributed by atoms with Gasteiger partial charge in [-0.25, -0.2) is 0 Å². The minimum absolute atomic E-state index is 0.107. The van der Waals surface area contributed by atoms with Crippen molar-refractivity contribution in [3.63, 3.8) is 0 Å². The Balaban J connectivity index is 1.45. The summed E-state index contributed by atoms with van der Waals surface area (Å²) in [6.07, 6.45) is 5.60. The molecule has 0 radical (unpaired) electrons. The molecule has 2 rings (SSSR count). The second-order valence-corrected chi connectivity index (χ2v) is 4.79. The Bertz CT molecular complexity index is 266. The van der Waals surface area contributed by atoms with Gasteiger partial charge in [0.15, 0.2) is 0 Å². The number of esters is 1. The zero-order chi connectivity index (χ0) is 12.3. The Kier molecular flexibility index (Phi) is 4.40. The number of epoxide rings is 2. The molecule has 17 heavy (non-hydrogen) atoms. The van der Waals surface area contributed by atoms with Crippen LogP contribution in [0.25, 0.3) is 0 Å². The van der Waals surface area contributed by atoms with E-state index in [-0.39, 0.29) is 5.97 Å². The second-order valence-electron chi connectivity index (χ2n) is 4.79. The Morgan fingerprint density at radius 1 is 1.00 bits per heavy atom. The van der Waals surface area contributed by atoms with E-state index in [0.717, 1.165) is 25.7 Å². The van der Waals surface area contributed by atoms with Crippen molar-refractivity contribution in [1.29, 1.82) is 0 Å². The molecule has 2 saturated heterocycles. The maximum atomic E-state index is 11.4. The topological polar surface area (TPSA) is 51.4 Å². The van der Waals surface area contributed by atoms with Gasteiger partial charge in [0.1, 0.15) is 0 Å². The van der Waals surface area contributed by atoms with Gasteiger partial charge < -0.3 is 14.2 Å². The molecule has 4 atom stereocenters. The highest BCUT2D eigenvalue weighted by Gasteiger charge is 2.37. The van der Waals surface area contributed by atoms with Crippen molar-refractivity contribution < 1.29 is 19.0 Å². The molecule has 2 fully saturated rings. The maximum absolute atomic E-state index is 11.4. The van der Waals surface area contributed by atoms with E-state index in [1.807, 2.05) is 0 Å². The first-order valence-electron chi connectivity index (χ1n) is 6.71. The highest BCUT2D eigenvalue weighted by molar-refractivity contribution is 5.69. The summed E-state index contributed by atoms with van der Waals surface area (Å²) in [6.45, 7) is 4.70. The van der Waals surface area contributed by atoms with E-state index in [2.05, 4.69) is 13.8 Å². The normalized spacial score (nSPS) is 34.5. The monoisotopic (exact) mass is 242 g/mol. The zero-order valence-electron chi connectivity index (χ0n) is 10.7. The number of rotatable bonds is 8. The quantitative estimate of drug-likeness (QED) is 0.483. The fraction of sp³-hybridized carbons (Fsp3) is 0.923. The lowest BCUT2D eigenvalue weighted by molar-refractivity contribution is -0.144. The summed E-state index contributed by atoms with van der Waals surface area (Å²) in [7, 11) is 0. The van der Waals surface area contributed by atoms with Gasteiger partial charge in [-0.05, 0) is 19.3 Å². The van der Waals surface area contributed by atoms with Gasteiger partial charge in [0.2, 0.25) is 0 Å². The van der Waals surface area contributed by atoms with E-state index < -0.39 is 0 Å². The standard InChI is InChI=1S/C13H22O4/c1-3-9-11(16-9)5-6-13(14)15-8-7-12-10(4-2)17-12/h9-12H,3-8H2,1-2H3. The van der Waals surface area contributed by atoms with Gasteiger partial charge in [0.05, 0.1) is 31.0 Å². The van der Waals surface area contributed by atoms with Gasteiger partial charge in [-0.15, -0.1) is 0 Å². The molecule has 0 aromatic carbocycles. The Morgan fingerprint density at radius 3 is 2.12 bits per heavy atom. The van der Waals surface area contributed by atoms with Crippen LogP contribution in [0, 0.1) is 0 Å². The molecular weight excluding hydrogens is 220 g/mol. The summed E-state index contributed by atoms with van der Waals surface area (Å²) >= 11 is 0. The van der Waals surface area contributed by atoms with Gasteiger partial charge >= 0.3 is 5.97 Å². The molecule has 0 aromatic rings. The lowest BCUT2D eigenvalue weighted by atomic mass is 10.1. The van der Waals surface area contributed by atoms with Crippen molar-refractivity contribution in [3.05, 3.63) is 0 Å². The lowest BCUT2D eigenvalue weighted by Crippen LogP contribution is -2.09. The van der Waals surface area contributed by atoms with Crippen LogP contribution in [0.2, 0.25) is 0 Å². The van der Waals surface area contributed by atoms with Crippen molar-refractivity contribution in [2.45, 2.75) is 70.4 Å². The van der Waals surface area contributed by atoms with E-state index in [0.29, 0.717) is 37.4 Å². The highest BCUT2D eigenvalue weighted by atomic mass is 16.6. The SMILES string of the molecule is CCC1OC1CCOC(=O)CCC1OC1CC. The number of hydrogen-bond donors (Lipinski definition) is 0. The summed E-state index contributed by atoms with van der Waals surface area (Å²) in [5, 5.41) is 0. The molecular formula is C13H22O4. The molecule has 0 spiro atoms. The van der Waals surface area contributed by atoms with Crippen molar-refractivity contribution in [2.24, 2.45) is 0 Å². The third-order valence-electron chi connectivity index (χ3n) is 3.48. The smallest absolute Gasteiger partial charge is 0.305 e. The second kappa shape index (κ2) is 5.83. The van der Waals surface area contributed by atoms with Crippen LogP contribution >= 0.6 is 0 Å². The molecule has 4 nitrogen and oxygen atoms in total. The molecule has 0 saturated carbocycles. The Labute approximate surface area is 103 Å². The average Bonchev–Trinajstić information content (AvgIpc) is 3.22. The average molecular weight is 242 g/mol. The molecule has 0 amide bonds. The number of hydrogen-bond acceptors (Lipinski definition) is 4. The summed E-state index contributed by atoms with van der Waals surface area (Å²) in [4.78, 5) is 11.4. The van der Waals surface area contributed by atoms with Gasteiger partial charge in [-0.3, -0.25) is 4.79 Å². The third-order valence-corrected chi connectivity index (χ3v) is 3.48. The van der Waals surface area contributed by atoms with Crippen molar-refractivity contribution in [2.75, 3.05) is 6.61 Å². The van der Waals surface area contributed by atoms with Crippen LogP contribution in [0.5, 0.6) is 0 Å². The van der Waals surface area contributed by atoms with Crippen LogP contribution < -0.4 is 0 Å². The molecule has 2 heterocycles. The van der Waals surface area contributed by atoms with E-state index in [1.165, 1.54) is 0 Å². The molecule has 4 heteroatoms. The maximum Gasteiger partial charge on any atom is 0.305 e. The molecule has 0 bridgehead atoms. The van der Waals surface area contributed by atoms with Crippen LogP contribution in [0.15, 0.2) is 0 Å². The summed E-state index contributed by atoms with van der Waals surface area (Å²) in [5.74, 6) is -0.107. The predicted molar refractivity (Wildman–Crippen MR) is 62.7 cm³/mol. The highest BCUT2D eigenvalue weighted by Crippen LogP contribution is 2.29. The van der Waals surface area contributed by atoms with E-state index >= 15 is 0 Å². The minimum atomic E-state index is -0.107. The van der Waals surface area contributed by atoms with E-state index in [9.17, 15) is 4.79 Å². The fourth-order valence-electron chi connectivity index (χ4n) is 2.21. The zero-order valence-corrected chi connectivity index (χ0v) is 10.7. The third kappa shape index (κ3) is 3.96. The molecule has 0 N–H and O–H groups in total. The van der Waals surface area contributed by atoms with Crippen LogP contribution in [0.1, 0.15) is 46.0 Å². The number of ether oxygens (including phenoxy) is 3. The van der Waals surface area contributed by atoms with Gasteiger partial charge in [0, 0.05) is 12.8 Å². The van der Waals surface area contributed by atoms with Crippen LogP contribution in [-0.2, 0) is 19.0 Å². The lowest BCUT2D eigenvalue weighted by Gasteiger charge is -2.02. The summed E-state index contributed by atoms with van der Waals surface area (Å²) < 4.78 is 15.9. The van der Waals surface area contributed by atoms with Crippen molar-refractivity contribution in [3.8, 4) is 0 Å². The minimum Gasteiger partial charge on any atom is -0.466 e. The molecule has 2 aliphatic rings. The van der Waals surface area contributed by atoms with E-state index in [1.54, 1.807) is 0 Å².